The van der Waals surface area contributed by atoms with E-state index in [0.29, 0.717) is 56.9 Å². The minimum absolute atomic E-state index is 0.0663. The van der Waals surface area contributed by atoms with Crippen LogP contribution in [0.2, 0.25) is 0 Å². The number of hydrogen-bond donors (Lipinski definition) is 17. The molecule has 0 radical (unpaired) electrons. The van der Waals surface area contributed by atoms with E-state index in [-0.39, 0.29) is 18.3 Å². The van der Waals surface area contributed by atoms with Crippen LogP contribution in [0.5, 0.6) is 0 Å². The van der Waals surface area contributed by atoms with Crippen LogP contribution in [-0.2, 0) is 52.2 Å². The first-order valence-electron chi connectivity index (χ1n) is 26.7. The number of carbonyl (C=O) groups is 1. The van der Waals surface area contributed by atoms with Crippen LogP contribution in [0.25, 0.3) is 0 Å². The number of esters is 1. The van der Waals surface area contributed by atoms with Crippen molar-refractivity contribution in [2.75, 3.05) is 40.1 Å². The highest BCUT2D eigenvalue weighted by molar-refractivity contribution is 5.77. The lowest BCUT2D eigenvalue weighted by atomic mass is 9.41. The maximum absolute atomic E-state index is 14.4. The van der Waals surface area contributed by atoms with Gasteiger partial charge in [-0.05, 0) is 86.5 Å². The predicted octanol–water partition coefficient (Wildman–Crippen LogP) is -7.04. The van der Waals surface area contributed by atoms with Crippen molar-refractivity contribution in [1.82, 2.24) is 0 Å². The van der Waals surface area contributed by atoms with Crippen LogP contribution < -0.4 is 0 Å². The second-order valence-electron chi connectivity index (χ2n) is 23.2. The molecule has 8 fully saturated rings. The molecule has 0 amide bonds. The largest absolute Gasteiger partial charge is 0.432 e. The molecule has 4 aliphatic carbocycles. The van der Waals surface area contributed by atoms with Crippen LogP contribution in [0, 0.1) is 28.1 Å². The summed E-state index contributed by atoms with van der Waals surface area (Å²) in [4.78, 5) is 14.4. The Morgan fingerprint density at radius 3 is 1.63 bits per heavy atom. The first-order chi connectivity index (χ1) is 36.8. The molecule has 4 saturated carbocycles. The predicted molar refractivity (Wildman–Crippen MR) is 254 cm³/mol. The third-order valence-electron chi connectivity index (χ3n) is 18.9. The van der Waals surface area contributed by atoms with E-state index >= 15 is 0 Å². The van der Waals surface area contributed by atoms with Crippen molar-refractivity contribution in [2.24, 2.45) is 28.1 Å². The number of aliphatic hydroxyl groups excluding tert-OH is 17. The number of aliphatic hydroxyl groups is 17. The van der Waals surface area contributed by atoms with Crippen LogP contribution in [0.15, 0.2) is 12.2 Å². The fourth-order valence-corrected chi connectivity index (χ4v) is 14.6. The molecule has 8 rings (SSSR count). The number of rotatable bonds is 19. The van der Waals surface area contributed by atoms with Crippen molar-refractivity contribution in [2.45, 2.75) is 225 Å². The fraction of sp³-hybridized carbons (Fsp3) is 0.940. The second-order valence-corrected chi connectivity index (χ2v) is 23.2. The van der Waals surface area contributed by atoms with E-state index < -0.39 is 208 Å². The number of ether oxygens (including phenoxy) is 10. The zero-order chi connectivity index (χ0) is 57.1. The Kier molecular flexibility index (Phi) is 19.5. The number of fused-ring (bicyclic) bond motifs is 3. The molecule has 8 aliphatic rings. The van der Waals surface area contributed by atoms with Crippen LogP contribution in [0.4, 0.5) is 0 Å². The Morgan fingerprint density at radius 2 is 1.10 bits per heavy atom. The summed E-state index contributed by atoms with van der Waals surface area (Å²) in [6.45, 7) is 4.12. The molecule has 4 heterocycles. The van der Waals surface area contributed by atoms with Gasteiger partial charge in [-0.3, -0.25) is 4.79 Å². The third kappa shape index (κ3) is 11.0. The summed E-state index contributed by atoms with van der Waals surface area (Å²) in [6, 6.07) is 0. The van der Waals surface area contributed by atoms with E-state index in [0.717, 1.165) is 7.11 Å². The maximum Gasteiger partial charge on any atom is 0.314 e. The van der Waals surface area contributed by atoms with Gasteiger partial charge in [0.1, 0.15) is 116 Å². The van der Waals surface area contributed by atoms with E-state index in [4.69, 9.17) is 47.4 Å². The summed E-state index contributed by atoms with van der Waals surface area (Å²) in [5.74, 6) is -1.01. The van der Waals surface area contributed by atoms with Gasteiger partial charge in [-0.2, -0.15) is 0 Å². The van der Waals surface area contributed by atoms with Crippen molar-refractivity contribution >= 4 is 5.97 Å². The van der Waals surface area contributed by atoms with Crippen molar-refractivity contribution in [3.8, 4) is 0 Å². The molecule has 1 spiro atoms. The molecule has 0 aromatic carbocycles. The van der Waals surface area contributed by atoms with E-state index in [2.05, 4.69) is 13.5 Å². The quantitative estimate of drug-likeness (QED) is 0.0247. The van der Waals surface area contributed by atoms with Gasteiger partial charge in [-0.15, -0.1) is 0 Å². The van der Waals surface area contributed by atoms with E-state index in [1.165, 1.54) is 0 Å². The van der Waals surface area contributed by atoms with Gasteiger partial charge in [0.15, 0.2) is 25.2 Å². The minimum atomic E-state index is -2.50. The molecule has 17 N–H and O–H groups in total. The molecular weight excluding hydrogens is 1050 g/mol. The smallest absolute Gasteiger partial charge is 0.314 e. The lowest BCUT2D eigenvalue weighted by Crippen LogP contribution is -2.69. The Labute approximate surface area is 449 Å². The zero-order valence-electron chi connectivity index (χ0n) is 43.7. The van der Waals surface area contributed by atoms with Gasteiger partial charge in [-0.1, -0.05) is 19.9 Å². The average Bonchev–Trinajstić information content (AvgIpc) is 3.89. The van der Waals surface area contributed by atoms with E-state index in [1.807, 2.05) is 6.92 Å². The van der Waals surface area contributed by atoms with Gasteiger partial charge in [0, 0.05) is 7.11 Å². The fourth-order valence-electron chi connectivity index (χ4n) is 14.6. The summed E-state index contributed by atoms with van der Waals surface area (Å²) in [5.41, 5.74) is -2.84. The molecule has 78 heavy (non-hydrogen) atoms. The molecule has 4 aliphatic heterocycles. The number of carbonyl (C=O) groups excluding carboxylic acids is 1. The number of hydrogen-bond acceptors (Lipinski definition) is 28. The Hall–Kier alpha value is -1.83. The lowest BCUT2D eigenvalue weighted by Gasteiger charge is -2.64. The van der Waals surface area contributed by atoms with Crippen molar-refractivity contribution in [3.05, 3.63) is 12.2 Å². The SMILES string of the molecule is C=C1C[C@@]23CC[C@@H]4C(C)(C(=O)OC5OC(CO)C(O)C(O)C5O)CCC[C@@]4(C)[C@@H]2CC[C@]1(OC1OC(CO)C(OC2OC(CO)C(O)C(O)C2O)C(OC(O)C(O)C(O)C(CO)OC)C1OC1OC(CO)C(O)C(O)C1O)C3. The van der Waals surface area contributed by atoms with Crippen molar-refractivity contribution < 1.29 is 139 Å². The molecular formula is C50H82O28. The van der Waals surface area contributed by atoms with Gasteiger partial charge in [0.25, 0.3) is 0 Å². The van der Waals surface area contributed by atoms with Crippen LogP contribution in [0.3, 0.4) is 0 Å². The average molecular weight is 1130 g/mol. The standard InChI is InChI=1S/C50H82O28/c1-19-12-49-10-6-25-47(2,8-5-9-48(25,3)46(68)77-44-37(66)33(62)30(59)23(16-54)72-44)26(49)7-11-50(19,18-49)78-45-40(76-43-36(65)32(61)29(58)22(15-53)71-43)39(74-41(67)34(63)27(56)20(13-51)69-4)38(24(17-55)73-45)75-42-35(64)31(60)28(57)21(14-52)70-42/h20-45,51-67H,1,5-18H2,2-4H3/t20?,21?,22?,23?,24?,25-,26-,27?,28?,29?,30?,31?,32?,33?,34?,35?,36?,37?,38?,39?,40?,41?,42?,43?,44?,45?,47+,48?,49+,50-/m0/s1. The van der Waals surface area contributed by atoms with E-state index in [9.17, 15) is 91.6 Å². The monoisotopic (exact) mass is 1130 g/mol. The Bertz CT molecular complexity index is 2020. The normalized spacial score (nSPS) is 50.2. The first kappa shape index (κ1) is 62.2. The van der Waals surface area contributed by atoms with Crippen LogP contribution in [0.1, 0.15) is 71.6 Å². The van der Waals surface area contributed by atoms with Crippen molar-refractivity contribution in [3.63, 3.8) is 0 Å². The highest BCUT2D eigenvalue weighted by atomic mass is 16.8. The molecule has 2 bridgehead atoms. The third-order valence-corrected chi connectivity index (χ3v) is 18.9. The van der Waals surface area contributed by atoms with Gasteiger partial charge in [0.2, 0.25) is 6.29 Å². The molecule has 30 atom stereocenters. The molecule has 0 aromatic heterocycles. The van der Waals surface area contributed by atoms with Crippen LogP contribution >= 0.6 is 0 Å². The van der Waals surface area contributed by atoms with Gasteiger partial charge < -0.3 is 134 Å². The summed E-state index contributed by atoms with van der Waals surface area (Å²) >= 11 is 0. The Morgan fingerprint density at radius 1 is 0.603 bits per heavy atom. The topological polar surface area (TPSA) is 453 Å². The molecule has 25 unspecified atom stereocenters. The molecule has 450 valence electrons. The lowest BCUT2D eigenvalue weighted by molar-refractivity contribution is -0.408. The summed E-state index contributed by atoms with van der Waals surface area (Å²) in [7, 11) is 1.10. The molecule has 28 heteroatoms. The van der Waals surface area contributed by atoms with Gasteiger partial charge in [0.05, 0.1) is 44.1 Å². The summed E-state index contributed by atoms with van der Waals surface area (Å²) in [6.07, 6.45) is -40.6. The summed E-state index contributed by atoms with van der Waals surface area (Å²) in [5, 5.41) is 182. The summed E-state index contributed by atoms with van der Waals surface area (Å²) < 4.78 is 60.0. The second kappa shape index (κ2) is 24.4. The highest BCUT2D eigenvalue weighted by Crippen LogP contribution is 2.74. The number of methoxy groups -OCH3 is 1. The van der Waals surface area contributed by atoms with E-state index in [1.54, 1.807) is 0 Å². The molecule has 4 saturated heterocycles. The molecule has 28 nitrogen and oxygen atoms in total. The highest BCUT2D eigenvalue weighted by Gasteiger charge is 2.70. The minimum Gasteiger partial charge on any atom is -0.432 e. The van der Waals surface area contributed by atoms with Crippen molar-refractivity contribution in [1.29, 1.82) is 0 Å². The first-order valence-corrected chi connectivity index (χ1v) is 26.7. The maximum atomic E-state index is 14.4. The van der Waals surface area contributed by atoms with Crippen LogP contribution in [-0.4, -0.2) is 286 Å². The van der Waals surface area contributed by atoms with Gasteiger partial charge in [-0.25, -0.2) is 0 Å². The zero-order valence-corrected chi connectivity index (χ0v) is 43.7. The molecule has 0 aromatic rings. The Balaban J connectivity index is 1.13. The van der Waals surface area contributed by atoms with Gasteiger partial charge >= 0.3 is 5.97 Å².